The van der Waals surface area contributed by atoms with Gasteiger partial charge in [-0.25, -0.2) is 0 Å². The highest BCUT2D eigenvalue weighted by molar-refractivity contribution is 5.32. The number of anilines is 1. The van der Waals surface area contributed by atoms with Gasteiger partial charge in [-0.05, 0) is 11.1 Å². The molecule has 2 atom stereocenters. The third kappa shape index (κ3) is 5.67. The minimum absolute atomic E-state index is 0.187. The average Bonchev–Trinajstić information content (AvgIpc) is 3.55. The van der Waals surface area contributed by atoms with Gasteiger partial charge in [-0.3, -0.25) is 9.58 Å². The lowest BCUT2D eigenvalue weighted by atomic mass is 10.1. The molecule has 0 radical (unpaired) electrons. The number of benzene rings is 2. The number of nitrogen functional groups attached to an aromatic ring is 1. The summed E-state index contributed by atoms with van der Waals surface area (Å²) in [6, 6.07) is 20.9. The molecular weight excluding hydrogens is 364 g/mol. The molecule has 0 amide bonds. The van der Waals surface area contributed by atoms with Gasteiger partial charge in [0.15, 0.2) is 0 Å². The lowest BCUT2D eigenvalue weighted by Gasteiger charge is -2.30. The summed E-state index contributed by atoms with van der Waals surface area (Å²) in [4.78, 5) is 2.42. The Morgan fingerprint density at radius 2 is 1.66 bits per heavy atom. The van der Waals surface area contributed by atoms with Gasteiger partial charge in [0.25, 0.3) is 0 Å². The number of rotatable bonds is 5. The van der Waals surface area contributed by atoms with Crippen molar-refractivity contribution in [3.63, 3.8) is 0 Å². The lowest BCUT2D eigenvalue weighted by Crippen LogP contribution is -2.40. The predicted octanol–water partition coefficient (Wildman–Crippen LogP) is 3.14. The Bertz CT molecular complexity index is 859. The summed E-state index contributed by atoms with van der Waals surface area (Å²) in [5.41, 5.74) is 9.07. The van der Waals surface area contributed by atoms with E-state index < -0.39 is 0 Å². The standard InChI is InChI=1S/C15H20N4O.C8H8O/c16-14-10-17-19(11-14)15(13-4-2-1-3-5-13)12-18-6-8-20-9-7-18;1-2-4-7(5-3-1)8-6-9-8/h1-5,10-11,15H,6-9,12,16H2;1-5,8H,6H2. The fourth-order valence-electron chi connectivity index (χ4n) is 3.48. The summed E-state index contributed by atoms with van der Waals surface area (Å²) in [5, 5.41) is 4.39. The molecule has 2 unspecified atom stereocenters. The molecule has 3 aromatic rings. The molecule has 2 N–H and O–H groups in total. The van der Waals surface area contributed by atoms with Crippen LogP contribution in [-0.2, 0) is 9.47 Å². The zero-order chi connectivity index (χ0) is 19.9. The topological polar surface area (TPSA) is 68.8 Å². The third-order valence-corrected chi connectivity index (χ3v) is 5.16. The fourth-order valence-corrected chi connectivity index (χ4v) is 3.48. The first-order chi connectivity index (χ1) is 14.3. The van der Waals surface area contributed by atoms with Crippen LogP contribution >= 0.6 is 0 Å². The van der Waals surface area contributed by atoms with Crippen LogP contribution < -0.4 is 5.73 Å². The number of epoxide rings is 1. The van der Waals surface area contributed by atoms with Gasteiger partial charge in [-0.2, -0.15) is 5.10 Å². The van der Waals surface area contributed by atoms with Crippen LogP contribution in [0.5, 0.6) is 0 Å². The van der Waals surface area contributed by atoms with Crippen LogP contribution in [0.25, 0.3) is 0 Å². The Labute approximate surface area is 171 Å². The van der Waals surface area contributed by atoms with Crippen LogP contribution in [0.1, 0.15) is 23.3 Å². The van der Waals surface area contributed by atoms with Crippen LogP contribution in [0, 0.1) is 0 Å². The Morgan fingerprint density at radius 3 is 2.24 bits per heavy atom. The van der Waals surface area contributed by atoms with Crippen molar-refractivity contribution >= 4 is 5.69 Å². The van der Waals surface area contributed by atoms with E-state index in [0.29, 0.717) is 11.8 Å². The molecule has 6 nitrogen and oxygen atoms in total. The number of aromatic nitrogens is 2. The Kier molecular flexibility index (Phi) is 6.56. The van der Waals surface area contributed by atoms with Gasteiger partial charge < -0.3 is 15.2 Å². The van der Waals surface area contributed by atoms with Gasteiger partial charge in [0.05, 0.1) is 37.7 Å². The van der Waals surface area contributed by atoms with E-state index in [2.05, 4.69) is 46.4 Å². The Morgan fingerprint density at radius 1 is 1.00 bits per heavy atom. The molecular formula is C23H28N4O2. The van der Waals surface area contributed by atoms with Crippen molar-refractivity contribution in [3.8, 4) is 0 Å². The minimum atomic E-state index is 0.187. The minimum Gasteiger partial charge on any atom is -0.396 e. The number of hydrogen-bond acceptors (Lipinski definition) is 5. The van der Waals surface area contributed by atoms with E-state index in [-0.39, 0.29) is 6.04 Å². The molecule has 152 valence electrons. The zero-order valence-electron chi connectivity index (χ0n) is 16.6. The van der Waals surface area contributed by atoms with Gasteiger partial charge >= 0.3 is 0 Å². The lowest BCUT2D eigenvalue weighted by molar-refractivity contribution is 0.0331. The van der Waals surface area contributed by atoms with Crippen LogP contribution in [0.2, 0.25) is 0 Å². The van der Waals surface area contributed by atoms with Crippen molar-refractivity contribution in [1.29, 1.82) is 0 Å². The second-order valence-corrected chi connectivity index (χ2v) is 7.33. The summed E-state index contributed by atoms with van der Waals surface area (Å²) >= 11 is 0. The maximum Gasteiger partial charge on any atom is 0.106 e. The van der Waals surface area contributed by atoms with Gasteiger partial charge in [0.2, 0.25) is 0 Å². The highest BCUT2D eigenvalue weighted by Gasteiger charge is 2.23. The summed E-state index contributed by atoms with van der Waals surface area (Å²) in [6.45, 7) is 5.39. The molecule has 3 heterocycles. The van der Waals surface area contributed by atoms with E-state index in [9.17, 15) is 0 Å². The van der Waals surface area contributed by atoms with Crippen molar-refractivity contribution in [1.82, 2.24) is 14.7 Å². The summed E-state index contributed by atoms with van der Waals surface area (Å²) in [7, 11) is 0. The summed E-state index contributed by atoms with van der Waals surface area (Å²) in [5.74, 6) is 0. The van der Waals surface area contributed by atoms with Crippen molar-refractivity contribution in [2.45, 2.75) is 12.1 Å². The van der Waals surface area contributed by atoms with Crippen LogP contribution in [-0.4, -0.2) is 54.1 Å². The largest absolute Gasteiger partial charge is 0.396 e. The fraction of sp³-hybridized carbons (Fsp3) is 0.348. The Hall–Kier alpha value is -2.67. The van der Waals surface area contributed by atoms with E-state index in [1.807, 2.05) is 35.1 Å². The molecule has 29 heavy (non-hydrogen) atoms. The maximum absolute atomic E-state index is 5.81. The molecule has 2 aliphatic rings. The summed E-state index contributed by atoms with van der Waals surface area (Å²) < 4.78 is 12.5. The first kappa shape index (κ1) is 19.6. The average molecular weight is 393 g/mol. The molecule has 0 bridgehead atoms. The highest BCUT2D eigenvalue weighted by Crippen LogP contribution is 2.28. The van der Waals surface area contributed by atoms with E-state index in [4.69, 9.17) is 15.2 Å². The number of morpholine rings is 1. The SMILES string of the molecule is Nc1cnn(C(CN2CCOCC2)c2ccccc2)c1.c1ccc(C2CO2)cc1. The normalized spacial score (nSPS) is 19.8. The summed E-state index contributed by atoms with van der Waals surface area (Å²) in [6.07, 6.45) is 4.01. The predicted molar refractivity (Wildman–Crippen MR) is 114 cm³/mol. The van der Waals surface area contributed by atoms with Gasteiger partial charge in [0.1, 0.15) is 6.10 Å². The number of nitrogens with zero attached hydrogens (tertiary/aromatic N) is 3. The van der Waals surface area contributed by atoms with E-state index in [1.165, 1.54) is 11.1 Å². The third-order valence-electron chi connectivity index (χ3n) is 5.16. The monoisotopic (exact) mass is 392 g/mol. The van der Waals surface area contributed by atoms with Crippen LogP contribution in [0.3, 0.4) is 0 Å². The Balaban J connectivity index is 0.000000188. The van der Waals surface area contributed by atoms with Gasteiger partial charge in [-0.15, -0.1) is 0 Å². The van der Waals surface area contributed by atoms with E-state index in [1.54, 1.807) is 6.20 Å². The molecule has 2 saturated heterocycles. The van der Waals surface area contributed by atoms with Gasteiger partial charge in [-0.1, -0.05) is 60.7 Å². The molecule has 0 spiro atoms. The molecule has 6 heteroatoms. The molecule has 2 aromatic carbocycles. The molecule has 2 aliphatic heterocycles. The van der Waals surface area contributed by atoms with Crippen molar-refractivity contribution in [3.05, 3.63) is 84.2 Å². The van der Waals surface area contributed by atoms with Crippen LogP contribution in [0.4, 0.5) is 5.69 Å². The van der Waals surface area contributed by atoms with Gasteiger partial charge in [0, 0.05) is 25.8 Å². The molecule has 1 aromatic heterocycles. The first-order valence-corrected chi connectivity index (χ1v) is 10.1. The smallest absolute Gasteiger partial charge is 0.106 e. The second-order valence-electron chi connectivity index (χ2n) is 7.33. The molecule has 2 fully saturated rings. The quantitative estimate of drug-likeness (QED) is 0.676. The van der Waals surface area contributed by atoms with E-state index in [0.717, 1.165) is 39.5 Å². The number of ether oxygens (including phenoxy) is 2. The maximum atomic E-state index is 5.81. The van der Waals surface area contributed by atoms with Crippen molar-refractivity contribution in [2.24, 2.45) is 0 Å². The molecule has 5 rings (SSSR count). The van der Waals surface area contributed by atoms with Crippen molar-refractivity contribution in [2.75, 3.05) is 45.2 Å². The molecule has 0 aliphatic carbocycles. The number of hydrogen-bond donors (Lipinski definition) is 1. The second kappa shape index (κ2) is 9.69. The molecule has 0 saturated carbocycles. The van der Waals surface area contributed by atoms with Crippen molar-refractivity contribution < 1.29 is 9.47 Å². The first-order valence-electron chi connectivity index (χ1n) is 10.1. The van der Waals surface area contributed by atoms with E-state index >= 15 is 0 Å². The zero-order valence-corrected chi connectivity index (χ0v) is 16.6. The number of nitrogens with two attached hydrogens (primary N) is 1. The highest BCUT2D eigenvalue weighted by atomic mass is 16.6. The van der Waals surface area contributed by atoms with Crippen LogP contribution in [0.15, 0.2) is 73.1 Å².